The second-order valence-electron chi connectivity index (χ2n) is 15.9. The van der Waals surface area contributed by atoms with Crippen LogP contribution in [0.5, 0.6) is 23.0 Å². The number of fused-ring (bicyclic) bond motifs is 10. The molecule has 2 aliphatic carbocycles. The topological polar surface area (TPSA) is 138 Å². The van der Waals surface area contributed by atoms with E-state index in [9.17, 15) is 15.0 Å². The predicted molar refractivity (Wildman–Crippen MR) is 280 cm³/mol. The number of nitrogens with zero attached hydrogens (tertiary/aromatic N) is 4. The van der Waals surface area contributed by atoms with Crippen molar-refractivity contribution in [3.05, 3.63) is 160 Å². The minimum atomic E-state index is -1.38. The van der Waals surface area contributed by atoms with Crippen LogP contribution in [0, 0.1) is 0 Å². The third-order valence-corrected chi connectivity index (χ3v) is 16.1. The Labute approximate surface area is 427 Å². The first kappa shape index (κ1) is 46.7. The quantitative estimate of drug-likeness (QED) is 0.0985. The Hall–Kier alpha value is -5.43. The summed E-state index contributed by atoms with van der Waals surface area (Å²) in [6, 6.07) is 35.5. The molecule has 0 saturated heterocycles. The molecule has 0 atom stereocenters. The van der Waals surface area contributed by atoms with Gasteiger partial charge in [-0.25, -0.2) is 23.9 Å². The Morgan fingerprint density at radius 1 is 0.597 bits per heavy atom. The molecule has 5 aromatic rings. The second kappa shape index (κ2) is 18.6. The van der Waals surface area contributed by atoms with Gasteiger partial charge in [0.2, 0.25) is 10.7 Å². The Kier molecular flexibility index (Phi) is 12.9. The molecule has 0 saturated carbocycles. The van der Waals surface area contributed by atoms with Crippen molar-refractivity contribution in [3.8, 4) is 44.1 Å². The van der Waals surface area contributed by atoms with Gasteiger partial charge in [-0.05, 0) is 98.6 Å². The molecule has 4 aliphatic heterocycles. The van der Waals surface area contributed by atoms with Gasteiger partial charge in [-0.2, -0.15) is 0 Å². The van der Waals surface area contributed by atoms with Crippen LogP contribution < -0.4 is 45.4 Å². The van der Waals surface area contributed by atoms with E-state index in [0.29, 0.717) is 22.3 Å². The smallest absolute Gasteiger partial charge is 0.340 e. The van der Waals surface area contributed by atoms with Gasteiger partial charge in [0.15, 0.2) is 5.60 Å². The van der Waals surface area contributed by atoms with E-state index in [2.05, 4.69) is 184 Å². The molecule has 17 heteroatoms. The van der Waals surface area contributed by atoms with Gasteiger partial charge in [-0.15, -0.1) is 22.7 Å². The Balaban J connectivity index is 0.000000131. The number of benzene rings is 7. The number of carbonyl (C=O) groups is 1. The normalized spacial score (nSPS) is 12.8. The molecule has 0 aromatic heterocycles. The molecule has 0 bridgehead atoms. The Morgan fingerprint density at radius 3 is 1.51 bits per heavy atom. The van der Waals surface area contributed by atoms with Crippen molar-refractivity contribution in [2.24, 2.45) is 0 Å². The fourth-order valence-corrected chi connectivity index (χ4v) is 12.3. The molecule has 338 valence electrons. The van der Waals surface area contributed by atoms with Gasteiger partial charge in [-0.1, -0.05) is 61.6 Å². The molecule has 11 rings (SSSR count). The highest BCUT2D eigenvalue weighted by Crippen LogP contribution is 2.62. The molecule has 0 radical (unpaired) electrons. The fraction of sp³-hybridized carbons (Fsp3) is 0.140. The van der Waals surface area contributed by atoms with E-state index < -0.39 is 11.6 Å². The minimum absolute atomic E-state index is 0.162. The minimum Gasteiger partial charge on any atom is -0.871 e. The third-order valence-electron chi connectivity index (χ3n) is 11.3. The Bertz CT molecular complexity index is 3370. The van der Waals surface area contributed by atoms with E-state index >= 15 is 0 Å². The highest BCUT2D eigenvalue weighted by molar-refractivity contribution is 9.11. The van der Waals surface area contributed by atoms with Gasteiger partial charge < -0.3 is 30.3 Å². The maximum Gasteiger partial charge on any atom is 0.340 e. The number of anilines is 2. The van der Waals surface area contributed by atoms with E-state index in [-0.39, 0.29) is 40.9 Å². The fourth-order valence-electron chi connectivity index (χ4n) is 7.85. The molecular formula is C50H38Br4N6O5S2. The molecule has 2 N–H and O–H groups in total. The maximum atomic E-state index is 12.8. The van der Waals surface area contributed by atoms with Crippen LogP contribution in [0.3, 0.4) is 0 Å². The molecule has 0 amide bonds. The van der Waals surface area contributed by atoms with Crippen molar-refractivity contribution >= 4 is 124 Å². The van der Waals surface area contributed by atoms with Crippen LogP contribution in [0.2, 0.25) is 0 Å². The van der Waals surface area contributed by atoms with Crippen LogP contribution in [0.25, 0.3) is 41.6 Å². The van der Waals surface area contributed by atoms with Gasteiger partial charge in [0.25, 0.3) is 0 Å². The molecule has 67 heavy (non-hydrogen) atoms. The van der Waals surface area contributed by atoms with Crippen molar-refractivity contribution in [1.82, 2.24) is 19.1 Å². The second-order valence-corrected chi connectivity index (χ2v) is 21.3. The summed E-state index contributed by atoms with van der Waals surface area (Å²) in [5.74, 6) is -0.766. The lowest BCUT2D eigenvalue weighted by atomic mass is 9.77. The number of hydrogen-bond donors (Lipinski definition) is 2. The van der Waals surface area contributed by atoms with Gasteiger partial charge in [0, 0.05) is 75.4 Å². The zero-order valence-corrected chi connectivity index (χ0v) is 44.5. The van der Waals surface area contributed by atoms with Gasteiger partial charge >= 0.3 is 5.97 Å². The van der Waals surface area contributed by atoms with Crippen molar-refractivity contribution in [1.29, 1.82) is 0 Å². The SMILES string of the molecule is CNc1ccc2nc3ccc(=[N+](C)C)cc-3sc2c1.CNc1ccc2nc3ccc(=[N+](C)C)cc-3sc2c1.O=C1OC2(c3ccccc31)c1cc(Br)c([O-])c(Br)c1Oc1c2cc(Br)c([O-])c1Br. The highest BCUT2D eigenvalue weighted by Gasteiger charge is 2.54. The van der Waals surface area contributed by atoms with Crippen molar-refractivity contribution < 1.29 is 24.5 Å². The first-order valence-corrected chi connectivity index (χ1v) is 25.4. The van der Waals surface area contributed by atoms with Crippen LogP contribution in [0.1, 0.15) is 27.0 Å². The number of carbonyl (C=O) groups excluding carboxylic acids is 1. The number of hydrogen-bond acceptors (Lipinski definition) is 11. The van der Waals surface area contributed by atoms with E-state index in [1.165, 1.54) is 29.9 Å². The molecule has 0 fully saturated rings. The summed E-state index contributed by atoms with van der Waals surface area (Å²) < 4.78 is 19.6. The lowest BCUT2D eigenvalue weighted by Gasteiger charge is -2.39. The number of nitrogens with one attached hydrogen (secondary N) is 2. The van der Waals surface area contributed by atoms with Crippen LogP contribution in [0.15, 0.2) is 127 Å². The summed E-state index contributed by atoms with van der Waals surface area (Å²) in [4.78, 5) is 24.7. The van der Waals surface area contributed by atoms with Crippen LogP contribution in [-0.4, -0.2) is 58.2 Å². The zero-order chi connectivity index (χ0) is 47.5. The summed E-state index contributed by atoms with van der Waals surface area (Å²) >= 11 is 16.7. The van der Waals surface area contributed by atoms with Crippen LogP contribution in [0.4, 0.5) is 11.4 Å². The van der Waals surface area contributed by atoms with Crippen molar-refractivity contribution in [2.75, 3.05) is 52.9 Å². The summed E-state index contributed by atoms with van der Waals surface area (Å²) in [6.45, 7) is 0. The zero-order valence-electron chi connectivity index (χ0n) is 36.6. The van der Waals surface area contributed by atoms with E-state index in [1.54, 1.807) is 59.1 Å². The van der Waals surface area contributed by atoms with E-state index in [1.807, 2.05) is 14.1 Å². The molecule has 5 aromatic carbocycles. The monoisotopic (exact) mass is 1180 g/mol. The largest absolute Gasteiger partial charge is 0.871 e. The number of aromatic nitrogens is 2. The molecule has 6 aliphatic rings. The first-order valence-electron chi connectivity index (χ1n) is 20.6. The molecule has 11 nitrogen and oxygen atoms in total. The average Bonchev–Trinajstić information content (AvgIpc) is 3.63. The summed E-state index contributed by atoms with van der Waals surface area (Å²) in [7, 11) is 12.1. The molecule has 1 spiro atoms. The average molecular weight is 1190 g/mol. The summed E-state index contributed by atoms with van der Waals surface area (Å²) in [5.41, 5.74) is 7.02. The van der Waals surface area contributed by atoms with Gasteiger partial charge in [0.05, 0.1) is 56.1 Å². The summed E-state index contributed by atoms with van der Waals surface area (Å²) in [6.07, 6.45) is 0. The molecule has 0 unspecified atom stereocenters. The summed E-state index contributed by atoms with van der Waals surface area (Å²) in [5, 5.41) is 33.8. The highest BCUT2D eigenvalue weighted by atomic mass is 79.9. The van der Waals surface area contributed by atoms with Crippen molar-refractivity contribution in [2.45, 2.75) is 5.60 Å². The predicted octanol–water partition coefficient (Wildman–Crippen LogP) is 10.4. The first-order chi connectivity index (χ1) is 32.1. The van der Waals surface area contributed by atoms with Crippen molar-refractivity contribution in [3.63, 3.8) is 0 Å². The van der Waals surface area contributed by atoms with Crippen LogP contribution in [-0.2, 0) is 10.3 Å². The maximum absolute atomic E-state index is 12.8. The number of halogens is 4. The van der Waals surface area contributed by atoms with Gasteiger partial charge in [0.1, 0.15) is 39.7 Å². The standard InChI is InChI=1S/C20H8Br4O5.2C15H15N3S/c21-11-5-9-17(13(23)15(11)25)28-18-10(6-12(22)16(26)14(18)24)20(9)8-4-2-1-3-7(8)19(27)29-20;2*1-16-10-4-6-12-14(8-10)19-15-9-11(18(2)3)5-7-13(15)17-12/h1-6,25-26H;2*4-9H,1-3H3. The lowest BCUT2D eigenvalue weighted by Crippen LogP contribution is -2.33. The third kappa shape index (κ3) is 8.48. The number of esters is 1. The molecular weight excluding hydrogens is 1150 g/mol. The van der Waals surface area contributed by atoms with E-state index in [0.717, 1.165) is 33.8 Å². The number of rotatable bonds is 2. The Morgan fingerprint density at radius 2 is 1.06 bits per heavy atom. The van der Waals surface area contributed by atoms with Gasteiger partial charge in [-0.3, -0.25) is 0 Å². The lowest BCUT2D eigenvalue weighted by molar-refractivity contribution is -0.271. The molecule has 4 heterocycles. The van der Waals surface area contributed by atoms with E-state index in [4.69, 9.17) is 19.4 Å². The number of ether oxygens (including phenoxy) is 2. The van der Waals surface area contributed by atoms with Crippen LogP contribution >= 0.6 is 86.4 Å².